The standard InChI is InChI=1S/C8H8F3IN2O/c9-8(10,11)2-1-3-15-7-6(12)4-13-5-14-7/h4-5H,1-3H2. The second-order valence-electron chi connectivity index (χ2n) is 2.74. The second kappa shape index (κ2) is 5.47. The molecular formula is C8H8F3IN2O. The first-order chi connectivity index (χ1) is 6.99. The van der Waals surface area contributed by atoms with Gasteiger partial charge in [-0.05, 0) is 29.0 Å². The number of hydrogen-bond donors (Lipinski definition) is 0. The van der Waals surface area contributed by atoms with E-state index in [2.05, 4.69) is 9.97 Å². The van der Waals surface area contributed by atoms with Crippen LogP contribution in [0.4, 0.5) is 13.2 Å². The van der Waals surface area contributed by atoms with Crippen LogP contribution in [0.25, 0.3) is 0 Å². The lowest BCUT2D eigenvalue weighted by Crippen LogP contribution is -2.10. The molecule has 1 aromatic heterocycles. The normalized spacial score (nSPS) is 11.5. The highest BCUT2D eigenvalue weighted by atomic mass is 127. The van der Waals surface area contributed by atoms with Crippen LogP contribution in [0.3, 0.4) is 0 Å². The van der Waals surface area contributed by atoms with Crippen molar-refractivity contribution in [2.75, 3.05) is 6.61 Å². The molecule has 0 fully saturated rings. The van der Waals surface area contributed by atoms with Crippen molar-refractivity contribution in [3.05, 3.63) is 16.1 Å². The molecule has 0 aromatic carbocycles. The third-order valence-electron chi connectivity index (χ3n) is 1.48. The van der Waals surface area contributed by atoms with Gasteiger partial charge in [-0.25, -0.2) is 9.97 Å². The molecule has 15 heavy (non-hydrogen) atoms. The Hall–Kier alpha value is -0.600. The summed E-state index contributed by atoms with van der Waals surface area (Å²) in [7, 11) is 0. The molecule has 0 aliphatic carbocycles. The van der Waals surface area contributed by atoms with Crippen molar-refractivity contribution in [3.63, 3.8) is 0 Å². The predicted molar refractivity (Wildman–Crippen MR) is 55.5 cm³/mol. The molecule has 0 spiro atoms. The fraction of sp³-hybridized carbons (Fsp3) is 0.500. The van der Waals surface area contributed by atoms with E-state index in [1.54, 1.807) is 0 Å². The van der Waals surface area contributed by atoms with E-state index in [1.165, 1.54) is 12.5 Å². The van der Waals surface area contributed by atoms with Gasteiger partial charge in [-0.3, -0.25) is 0 Å². The Balaban J connectivity index is 2.30. The highest BCUT2D eigenvalue weighted by molar-refractivity contribution is 14.1. The Morgan fingerprint density at radius 2 is 2.13 bits per heavy atom. The average molecular weight is 332 g/mol. The van der Waals surface area contributed by atoms with Gasteiger partial charge in [-0.15, -0.1) is 0 Å². The van der Waals surface area contributed by atoms with Crippen LogP contribution in [0.2, 0.25) is 0 Å². The van der Waals surface area contributed by atoms with E-state index in [0.717, 1.165) is 0 Å². The second-order valence-corrected chi connectivity index (χ2v) is 3.91. The van der Waals surface area contributed by atoms with Crippen LogP contribution in [0.5, 0.6) is 5.88 Å². The summed E-state index contributed by atoms with van der Waals surface area (Å²) < 4.78 is 41.1. The number of halogens is 4. The Labute approximate surface area is 98.2 Å². The maximum atomic E-state index is 11.8. The highest BCUT2D eigenvalue weighted by Gasteiger charge is 2.26. The Bertz CT molecular complexity index is 319. The van der Waals surface area contributed by atoms with E-state index >= 15 is 0 Å². The molecule has 0 radical (unpaired) electrons. The quantitative estimate of drug-likeness (QED) is 0.628. The van der Waals surface area contributed by atoms with Crippen LogP contribution < -0.4 is 4.74 Å². The molecule has 7 heteroatoms. The van der Waals surface area contributed by atoms with Gasteiger partial charge in [0, 0.05) is 12.6 Å². The van der Waals surface area contributed by atoms with E-state index in [0.29, 0.717) is 9.45 Å². The largest absolute Gasteiger partial charge is 0.477 e. The van der Waals surface area contributed by atoms with Crippen LogP contribution in [-0.4, -0.2) is 22.8 Å². The minimum atomic E-state index is -4.12. The molecule has 0 unspecified atom stereocenters. The van der Waals surface area contributed by atoms with E-state index in [4.69, 9.17) is 4.74 Å². The predicted octanol–water partition coefficient (Wildman–Crippen LogP) is 2.80. The monoisotopic (exact) mass is 332 g/mol. The molecule has 84 valence electrons. The summed E-state index contributed by atoms with van der Waals surface area (Å²) in [6.45, 7) is 0.00647. The first-order valence-electron chi connectivity index (χ1n) is 4.14. The summed E-state index contributed by atoms with van der Waals surface area (Å²) in [4.78, 5) is 7.52. The highest BCUT2D eigenvalue weighted by Crippen LogP contribution is 2.22. The lowest BCUT2D eigenvalue weighted by molar-refractivity contribution is -0.136. The van der Waals surface area contributed by atoms with Crippen molar-refractivity contribution in [2.45, 2.75) is 19.0 Å². The van der Waals surface area contributed by atoms with Gasteiger partial charge in [0.2, 0.25) is 5.88 Å². The zero-order chi connectivity index (χ0) is 11.3. The summed E-state index contributed by atoms with van der Waals surface area (Å²) in [5.74, 6) is 0.327. The molecular weight excluding hydrogens is 324 g/mol. The molecule has 0 bridgehead atoms. The van der Waals surface area contributed by atoms with Crippen molar-refractivity contribution in [2.24, 2.45) is 0 Å². The number of aromatic nitrogens is 2. The van der Waals surface area contributed by atoms with Gasteiger partial charge < -0.3 is 4.74 Å². The van der Waals surface area contributed by atoms with Gasteiger partial charge in [-0.2, -0.15) is 13.2 Å². The van der Waals surface area contributed by atoms with Gasteiger partial charge in [0.1, 0.15) is 6.33 Å². The van der Waals surface area contributed by atoms with Gasteiger partial charge in [-0.1, -0.05) is 0 Å². The zero-order valence-electron chi connectivity index (χ0n) is 7.59. The van der Waals surface area contributed by atoms with Crippen molar-refractivity contribution >= 4 is 22.6 Å². The van der Waals surface area contributed by atoms with Crippen LogP contribution in [0.1, 0.15) is 12.8 Å². The van der Waals surface area contributed by atoms with E-state index in [-0.39, 0.29) is 13.0 Å². The lowest BCUT2D eigenvalue weighted by Gasteiger charge is -2.07. The molecule has 0 atom stereocenters. The summed E-state index contributed by atoms with van der Waals surface area (Å²) in [5.41, 5.74) is 0. The van der Waals surface area contributed by atoms with Crippen molar-refractivity contribution in [1.29, 1.82) is 0 Å². The van der Waals surface area contributed by atoms with Crippen LogP contribution in [0.15, 0.2) is 12.5 Å². The summed E-state index contributed by atoms with van der Waals surface area (Å²) >= 11 is 1.96. The van der Waals surface area contributed by atoms with Crippen LogP contribution in [-0.2, 0) is 0 Å². The van der Waals surface area contributed by atoms with Gasteiger partial charge >= 0.3 is 6.18 Å². The molecule has 0 amide bonds. The van der Waals surface area contributed by atoms with Gasteiger partial charge in [0.25, 0.3) is 0 Å². The van der Waals surface area contributed by atoms with Crippen molar-refractivity contribution < 1.29 is 17.9 Å². The molecule has 1 aromatic rings. The summed E-state index contributed by atoms with van der Waals surface area (Å²) in [6.07, 6.45) is -2.20. The Morgan fingerprint density at radius 1 is 1.40 bits per heavy atom. The third kappa shape index (κ3) is 5.14. The Kier molecular flexibility index (Phi) is 4.55. The van der Waals surface area contributed by atoms with Crippen LogP contribution in [0, 0.1) is 3.57 Å². The number of hydrogen-bond acceptors (Lipinski definition) is 3. The molecule has 3 nitrogen and oxygen atoms in total. The molecule has 0 aliphatic heterocycles. The van der Waals surface area contributed by atoms with E-state index in [9.17, 15) is 13.2 Å². The third-order valence-corrected chi connectivity index (χ3v) is 2.22. The number of ether oxygens (including phenoxy) is 1. The molecule has 1 rings (SSSR count). The summed E-state index contributed by atoms with van der Waals surface area (Å²) in [5, 5.41) is 0. The molecule has 0 saturated carbocycles. The van der Waals surface area contributed by atoms with Crippen molar-refractivity contribution in [3.8, 4) is 5.88 Å². The molecule has 0 N–H and O–H groups in total. The molecule has 0 saturated heterocycles. The van der Waals surface area contributed by atoms with Crippen LogP contribution >= 0.6 is 22.6 Å². The van der Waals surface area contributed by atoms with E-state index in [1.807, 2.05) is 22.6 Å². The maximum absolute atomic E-state index is 11.8. The fourth-order valence-corrected chi connectivity index (χ4v) is 1.30. The van der Waals surface area contributed by atoms with E-state index < -0.39 is 12.6 Å². The smallest absolute Gasteiger partial charge is 0.389 e. The zero-order valence-corrected chi connectivity index (χ0v) is 9.75. The first kappa shape index (κ1) is 12.5. The lowest BCUT2D eigenvalue weighted by atomic mass is 10.3. The van der Waals surface area contributed by atoms with Gasteiger partial charge in [0.05, 0.1) is 10.2 Å². The number of rotatable bonds is 4. The first-order valence-corrected chi connectivity index (χ1v) is 5.22. The topological polar surface area (TPSA) is 35.0 Å². The summed E-state index contributed by atoms with van der Waals surface area (Å²) in [6, 6.07) is 0. The number of alkyl halides is 3. The average Bonchev–Trinajstić information content (AvgIpc) is 2.13. The molecule has 0 aliphatic rings. The maximum Gasteiger partial charge on any atom is 0.389 e. The van der Waals surface area contributed by atoms with Crippen molar-refractivity contribution in [1.82, 2.24) is 9.97 Å². The fourth-order valence-electron chi connectivity index (χ4n) is 0.849. The number of nitrogens with zero attached hydrogens (tertiary/aromatic N) is 2. The molecule has 1 heterocycles. The minimum Gasteiger partial charge on any atom is -0.477 e. The van der Waals surface area contributed by atoms with Gasteiger partial charge in [0.15, 0.2) is 0 Å². The SMILES string of the molecule is FC(F)(F)CCCOc1ncncc1I. The minimum absolute atomic E-state index is 0.00647. The Morgan fingerprint density at radius 3 is 2.73 bits per heavy atom.